The largest absolute Gasteiger partial charge is 0.328 e. The van der Waals surface area contributed by atoms with Crippen molar-refractivity contribution >= 4 is 11.3 Å². The van der Waals surface area contributed by atoms with Gasteiger partial charge in [0.05, 0.1) is 5.01 Å². The number of aromatic nitrogens is 1. The first-order valence-corrected chi connectivity index (χ1v) is 4.71. The van der Waals surface area contributed by atoms with Gasteiger partial charge in [-0.1, -0.05) is 0 Å². The molecule has 1 aromatic heterocycles. The second-order valence-electron chi connectivity index (χ2n) is 3.18. The highest BCUT2D eigenvalue weighted by Crippen LogP contribution is 2.19. The van der Waals surface area contributed by atoms with E-state index in [0.717, 1.165) is 10.7 Å². The molecule has 2 nitrogen and oxygen atoms in total. The van der Waals surface area contributed by atoms with Crippen LogP contribution >= 0.6 is 11.3 Å². The molecule has 0 aliphatic heterocycles. The molecular formula is C8H13FN2S. The van der Waals surface area contributed by atoms with Crippen molar-refractivity contribution in [2.75, 3.05) is 6.54 Å². The van der Waals surface area contributed by atoms with E-state index in [4.69, 9.17) is 5.73 Å². The highest BCUT2D eigenvalue weighted by Gasteiger charge is 2.22. The van der Waals surface area contributed by atoms with E-state index in [-0.39, 0.29) is 6.54 Å². The minimum Gasteiger partial charge on any atom is -0.328 e. The van der Waals surface area contributed by atoms with Gasteiger partial charge in [-0.2, -0.15) is 0 Å². The zero-order valence-corrected chi connectivity index (χ0v) is 8.12. The summed E-state index contributed by atoms with van der Waals surface area (Å²) in [6.45, 7) is 3.45. The van der Waals surface area contributed by atoms with Crippen molar-refractivity contribution in [2.45, 2.75) is 25.9 Å². The summed E-state index contributed by atoms with van der Waals surface area (Å²) in [7, 11) is 0. The minimum absolute atomic E-state index is 0.0472. The average Bonchev–Trinajstić information content (AvgIpc) is 2.35. The van der Waals surface area contributed by atoms with Crippen molar-refractivity contribution in [2.24, 2.45) is 5.73 Å². The summed E-state index contributed by atoms with van der Waals surface area (Å²) in [6.07, 6.45) is 0.321. The Balaban J connectivity index is 2.63. The van der Waals surface area contributed by atoms with E-state index in [0.29, 0.717) is 6.42 Å². The van der Waals surface area contributed by atoms with Crippen LogP contribution in [0, 0.1) is 6.92 Å². The van der Waals surface area contributed by atoms with Crippen LogP contribution in [0.5, 0.6) is 0 Å². The Labute approximate surface area is 75.6 Å². The summed E-state index contributed by atoms with van der Waals surface area (Å²) in [5.74, 6) is 0. The van der Waals surface area contributed by atoms with Crippen LogP contribution in [0.2, 0.25) is 0 Å². The molecule has 0 aromatic carbocycles. The number of alkyl halides is 1. The molecule has 1 rings (SSSR count). The van der Waals surface area contributed by atoms with Gasteiger partial charge in [-0.15, -0.1) is 11.3 Å². The molecule has 0 saturated heterocycles. The SMILES string of the molecule is Cc1csc(CC(C)(F)CN)n1. The van der Waals surface area contributed by atoms with E-state index in [1.807, 2.05) is 12.3 Å². The van der Waals surface area contributed by atoms with Crippen molar-refractivity contribution in [3.63, 3.8) is 0 Å². The van der Waals surface area contributed by atoms with Gasteiger partial charge >= 0.3 is 0 Å². The van der Waals surface area contributed by atoms with E-state index >= 15 is 0 Å². The van der Waals surface area contributed by atoms with Gasteiger partial charge in [0.25, 0.3) is 0 Å². The molecule has 1 atom stereocenters. The Morgan fingerprint density at radius 2 is 2.42 bits per heavy atom. The Kier molecular flexibility index (Phi) is 2.80. The third kappa shape index (κ3) is 2.53. The molecule has 0 spiro atoms. The van der Waals surface area contributed by atoms with Gasteiger partial charge < -0.3 is 5.73 Å². The highest BCUT2D eigenvalue weighted by molar-refractivity contribution is 7.09. The Hall–Kier alpha value is -0.480. The summed E-state index contributed by atoms with van der Waals surface area (Å²) in [4.78, 5) is 4.17. The van der Waals surface area contributed by atoms with Crippen molar-refractivity contribution in [1.82, 2.24) is 4.98 Å². The zero-order valence-electron chi connectivity index (χ0n) is 7.30. The topological polar surface area (TPSA) is 38.9 Å². The van der Waals surface area contributed by atoms with Crippen LogP contribution in [-0.2, 0) is 6.42 Å². The normalized spacial score (nSPS) is 16.0. The van der Waals surface area contributed by atoms with Gasteiger partial charge in [0, 0.05) is 24.0 Å². The molecule has 0 amide bonds. The van der Waals surface area contributed by atoms with Crippen LogP contribution in [0.25, 0.3) is 0 Å². The molecule has 1 unspecified atom stereocenters. The predicted molar refractivity (Wildman–Crippen MR) is 49.1 cm³/mol. The van der Waals surface area contributed by atoms with Crippen molar-refractivity contribution < 1.29 is 4.39 Å². The molecule has 12 heavy (non-hydrogen) atoms. The lowest BCUT2D eigenvalue weighted by Gasteiger charge is -2.15. The fraction of sp³-hybridized carbons (Fsp3) is 0.625. The predicted octanol–water partition coefficient (Wildman–Crippen LogP) is 1.68. The molecule has 1 aromatic rings. The monoisotopic (exact) mass is 188 g/mol. The molecule has 1 heterocycles. The van der Waals surface area contributed by atoms with Crippen molar-refractivity contribution in [1.29, 1.82) is 0 Å². The van der Waals surface area contributed by atoms with Crippen molar-refractivity contribution in [3.05, 3.63) is 16.1 Å². The maximum Gasteiger partial charge on any atom is 0.126 e. The summed E-state index contributed by atoms with van der Waals surface area (Å²) in [5.41, 5.74) is 4.89. The number of aryl methyl sites for hydroxylation is 1. The van der Waals surface area contributed by atoms with E-state index < -0.39 is 5.67 Å². The van der Waals surface area contributed by atoms with Gasteiger partial charge in [-0.3, -0.25) is 0 Å². The van der Waals surface area contributed by atoms with Gasteiger partial charge in [0.15, 0.2) is 0 Å². The number of halogens is 1. The minimum atomic E-state index is -1.32. The first-order valence-electron chi connectivity index (χ1n) is 3.83. The highest BCUT2D eigenvalue weighted by atomic mass is 32.1. The van der Waals surface area contributed by atoms with Gasteiger partial charge in [0.1, 0.15) is 5.67 Å². The number of nitrogens with zero attached hydrogens (tertiary/aromatic N) is 1. The number of hydrogen-bond acceptors (Lipinski definition) is 3. The summed E-state index contributed by atoms with van der Waals surface area (Å²) in [5, 5.41) is 2.74. The molecule has 4 heteroatoms. The second kappa shape index (κ2) is 3.49. The van der Waals surface area contributed by atoms with Gasteiger partial charge in [-0.05, 0) is 13.8 Å². The Bertz CT molecular complexity index is 257. The van der Waals surface area contributed by atoms with Gasteiger partial charge in [-0.25, -0.2) is 9.37 Å². The molecule has 0 aliphatic rings. The molecule has 0 bridgehead atoms. The first-order chi connectivity index (χ1) is 5.53. The number of rotatable bonds is 3. The third-order valence-corrected chi connectivity index (χ3v) is 2.58. The van der Waals surface area contributed by atoms with Crippen LogP contribution < -0.4 is 5.73 Å². The van der Waals surface area contributed by atoms with Crippen LogP contribution in [-0.4, -0.2) is 17.2 Å². The van der Waals surface area contributed by atoms with Crippen LogP contribution in [0.3, 0.4) is 0 Å². The molecule has 0 saturated carbocycles. The van der Waals surface area contributed by atoms with E-state index in [1.165, 1.54) is 18.3 Å². The maximum absolute atomic E-state index is 13.4. The van der Waals surface area contributed by atoms with E-state index in [2.05, 4.69) is 4.98 Å². The molecule has 68 valence electrons. The average molecular weight is 188 g/mol. The molecule has 2 N–H and O–H groups in total. The van der Waals surface area contributed by atoms with Crippen molar-refractivity contribution in [3.8, 4) is 0 Å². The molecule has 0 fully saturated rings. The Morgan fingerprint density at radius 1 is 1.75 bits per heavy atom. The molecular weight excluding hydrogens is 175 g/mol. The molecule has 0 aliphatic carbocycles. The number of thiazole rings is 1. The van der Waals surface area contributed by atoms with E-state index in [9.17, 15) is 4.39 Å². The maximum atomic E-state index is 13.4. The zero-order chi connectivity index (χ0) is 9.19. The number of nitrogens with two attached hydrogens (primary N) is 1. The van der Waals surface area contributed by atoms with Crippen LogP contribution in [0.4, 0.5) is 4.39 Å². The standard InChI is InChI=1S/C8H13FN2S/c1-6-4-12-7(11-6)3-8(2,9)5-10/h4H,3,5,10H2,1-2H3. The molecule has 0 radical (unpaired) electrons. The summed E-state index contributed by atoms with van der Waals surface area (Å²) >= 11 is 1.49. The summed E-state index contributed by atoms with van der Waals surface area (Å²) < 4.78 is 13.4. The fourth-order valence-corrected chi connectivity index (χ4v) is 1.81. The lowest BCUT2D eigenvalue weighted by molar-refractivity contribution is 0.200. The quantitative estimate of drug-likeness (QED) is 0.783. The smallest absolute Gasteiger partial charge is 0.126 e. The van der Waals surface area contributed by atoms with E-state index in [1.54, 1.807) is 0 Å². The lowest BCUT2D eigenvalue weighted by Crippen LogP contribution is -2.31. The van der Waals surface area contributed by atoms with Crippen LogP contribution in [0.15, 0.2) is 5.38 Å². The Morgan fingerprint density at radius 3 is 2.83 bits per heavy atom. The number of hydrogen-bond donors (Lipinski definition) is 1. The summed E-state index contributed by atoms with van der Waals surface area (Å²) in [6, 6.07) is 0. The van der Waals surface area contributed by atoms with Gasteiger partial charge in [0.2, 0.25) is 0 Å². The third-order valence-electron chi connectivity index (χ3n) is 1.61. The fourth-order valence-electron chi connectivity index (χ4n) is 0.871. The van der Waals surface area contributed by atoms with Crippen LogP contribution in [0.1, 0.15) is 17.6 Å². The first kappa shape index (κ1) is 9.61. The lowest BCUT2D eigenvalue weighted by atomic mass is 10.1. The second-order valence-corrected chi connectivity index (χ2v) is 4.12.